The number of H-pyrrole nitrogens is 1. The summed E-state index contributed by atoms with van der Waals surface area (Å²) in [6, 6.07) is 14.7. The van der Waals surface area contributed by atoms with Gasteiger partial charge < -0.3 is 9.88 Å². The van der Waals surface area contributed by atoms with Crippen LogP contribution in [0.1, 0.15) is 61.6 Å². The van der Waals surface area contributed by atoms with E-state index in [9.17, 15) is 14.9 Å². The van der Waals surface area contributed by atoms with E-state index in [4.69, 9.17) is 0 Å². The molecule has 0 spiro atoms. The number of aryl methyl sites for hydroxylation is 1. The first kappa shape index (κ1) is 25.2. The number of nitro benzene ring substituents is 1. The van der Waals surface area contributed by atoms with Crippen molar-refractivity contribution in [3.05, 3.63) is 86.0 Å². The van der Waals surface area contributed by atoms with Gasteiger partial charge in [0.25, 0.3) is 11.2 Å². The molecule has 0 amide bonds. The lowest BCUT2D eigenvalue weighted by atomic mass is 10.0. The lowest BCUT2D eigenvalue weighted by molar-refractivity contribution is -0.384. The molecule has 4 aromatic rings. The first-order valence-corrected chi connectivity index (χ1v) is 13.7. The Morgan fingerprint density at radius 3 is 2.49 bits per heavy atom. The van der Waals surface area contributed by atoms with Gasteiger partial charge in [-0.15, -0.1) is 5.10 Å². The number of piperazine rings is 1. The number of fused-ring (bicyclic) bond motifs is 1. The van der Waals surface area contributed by atoms with E-state index >= 15 is 0 Å². The Hall–Kier alpha value is -4.12. The zero-order valence-corrected chi connectivity index (χ0v) is 22.0. The predicted molar refractivity (Wildman–Crippen MR) is 148 cm³/mol. The van der Waals surface area contributed by atoms with E-state index in [2.05, 4.69) is 43.3 Å². The quantitative estimate of drug-likeness (QED) is 0.282. The van der Waals surface area contributed by atoms with Crippen LogP contribution < -0.4 is 10.5 Å². The Kier molecular flexibility index (Phi) is 6.82. The van der Waals surface area contributed by atoms with Crippen molar-refractivity contribution in [3.63, 3.8) is 0 Å². The van der Waals surface area contributed by atoms with Crippen LogP contribution in [-0.2, 0) is 6.42 Å². The van der Waals surface area contributed by atoms with Gasteiger partial charge in [-0.2, -0.15) is 0 Å². The van der Waals surface area contributed by atoms with Crippen LogP contribution in [0.5, 0.6) is 0 Å². The molecule has 2 aromatic heterocycles. The predicted octanol–water partition coefficient (Wildman–Crippen LogP) is 4.01. The zero-order chi connectivity index (χ0) is 26.9. The molecule has 202 valence electrons. The maximum atomic E-state index is 13.5. The zero-order valence-electron chi connectivity index (χ0n) is 22.0. The first-order chi connectivity index (χ1) is 19.0. The van der Waals surface area contributed by atoms with Crippen LogP contribution in [0.4, 0.5) is 11.4 Å². The van der Waals surface area contributed by atoms with E-state index in [1.807, 2.05) is 22.9 Å². The second-order valence-corrected chi connectivity index (χ2v) is 10.4. The minimum absolute atomic E-state index is 0.0814. The molecule has 2 aromatic carbocycles. The lowest BCUT2D eigenvalue weighted by Crippen LogP contribution is -2.49. The minimum Gasteiger partial charge on any atom is -0.369 e. The van der Waals surface area contributed by atoms with E-state index in [0.29, 0.717) is 37.6 Å². The van der Waals surface area contributed by atoms with Crippen molar-refractivity contribution in [2.24, 2.45) is 0 Å². The summed E-state index contributed by atoms with van der Waals surface area (Å²) in [5.41, 5.74) is 3.58. The number of nitro groups is 1. The van der Waals surface area contributed by atoms with Gasteiger partial charge in [0.15, 0.2) is 5.82 Å². The molecule has 1 aliphatic heterocycles. The molecular weight excluding hydrogens is 496 g/mol. The summed E-state index contributed by atoms with van der Waals surface area (Å²) in [7, 11) is 0. The van der Waals surface area contributed by atoms with Crippen LogP contribution in [0.2, 0.25) is 0 Å². The van der Waals surface area contributed by atoms with Crippen LogP contribution in [0.15, 0.2) is 53.3 Å². The summed E-state index contributed by atoms with van der Waals surface area (Å²) in [6.07, 6.45) is 5.29. The number of anilines is 1. The number of hydrogen-bond acceptors (Lipinski definition) is 8. The van der Waals surface area contributed by atoms with Crippen molar-refractivity contribution in [2.45, 2.75) is 51.1 Å². The van der Waals surface area contributed by atoms with Gasteiger partial charge >= 0.3 is 0 Å². The Bertz CT molecular complexity index is 1530. The van der Waals surface area contributed by atoms with Gasteiger partial charge in [-0.1, -0.05) is 25.8 Å². The number of nitrogens with zero attached hydrogens (tertiary/aromatic N) is 7. The average Bonchev–Trinajstić information content (AvgIpc) is 3.66. The fraction of sp³-hybridized carbons (Fsp3) is 0.429. The molecule has 11 nitrogen and oxygen atoms in total. The average molecular weight is 529 g/mol. The van der Waals surface area contributed by atoms with E-state index in [-0.39, 0.29) is 22.2 Å². The number of pyridine rings is 1. The Labute approximate surface area is 225 Å². The fourth-order valence-electron chi connectivity index (χ4n) is 6.01. The summed E-state index contributed by atoms with van der Waals surface area (Å²) in [5.74, 6) is 0.710. The van der Waals surface area contributed by atoms with Crippen LogP contribution in [-0.4, -0.2) is 61.2 Å². The van der Waals surface area contributed by atoms with Crippen molar-refractivity contribution >= 4 is 22.3 Å². The monoisotopic (exact) mass is 528 g/mol. The second-order valence-electron chi connectivity index (χ2n) is 10.4. The summed E-state index contributed by atoms with van der Waals surface area (Å²) in [4.78, 5) is 31.8. The molecule has 3 heterocycles. The molecule has 2 fully saturated rings. The van der Waals surface area contributed by atoms with E-state index in [0.717, 1.165) is 48.7 Å². The summed E-state index contributed by atoms with van der Waals surface area (Å²) >= 11 is 0. The number of hydrogen-bond donors (Lipinski definition) is 1. The number of benzene rings is 2. The van der Waals surface area contributed by atoms with Crippen molar-refractivity contribution in [1.29, 1.82) is 0 Å². The van der Waals surface area contributed by atoms with Gasteiger partial charge in [0, 0.05) is 55.1 Å². The molecular formula is C28H32N8O3. The number of rotatable bonds is 7. The summed E-state index contributed by atoms with van der Waals surface area (Å²) < 4.78 is 1.95. The van der Waals surface area contributed by atoms with Gasteiger partial charge in [0.1, 0.15) is 6.04 Å². The first-order valence-electron chi connectivity index (χ1n) is 13.7. The normalized spacial score (nSPS) is 17.6. The number of aromatic nitrogens is 5. The maximum absolute atomic E-state index is 13.5. The molecule has 1 N–H and O–H groups in total. The Balaban J connectivity index is 1.35. The third-order valence-corrected chi connectivity index (χ3v) is 8.18. The maximum Gasteiger partial charge on any atom is 0.269 e. The van der Waals surface area contributed by atoms with Gasteiger partial charge in [0.2, 0.25) is 0 Å². The van der Waals surface area contributed by atoms with Crippen molar-refractivity contribution in [2.75, 3.05) is 31.1 Å². The standard InChI is InChI=1S/C28H32N8O3/c1-2-19-7-12-25-20(17-19)18-24(28(37)29-25)26(27-30-31-32-35(27)22-5-3-4-6-22)34-15-13-33(14-16-34)21-8-10-23(11-9-21)36(38)39/h7-12,17-18,22,26H,2-6,13-16H2,1H3,(H,29,37)/t26-/m1/s1. The molecule has 1 saturated heterocycles. The molecule has 0 radical (unpaired) electrons. The molecule has 1 aliphatic carbocycles. The van der Waals surface area contributed by atoms with E-state index in [1.165, 1.54) is 5.56 Å². The molecule has 0 bridgehead atoms. The van der Waals surface area contributed by atoms with Gasteiger partial charge in [-0.3, -0.25) is 19.8 Å². The molecule has 39 heavy (non-hydrogen) atoms. The summed E-state index contributed by atoms with van der Waals surface area (Å²) in [6.45, 7) is 4.92. The minimum atomic E-state index is -0.391. The van der Waals surface area contributed by atoms with E-state index in [1.54, 1.807) is 24.3 Å². The Morgan fingerprint density at radius 2 is 1.79 bits per heavy atom. The molecule has 11 heteroatoms. The largest absolute Gasteiger partial charge is 0.369 e. The number of non-ortho nitro benzene ring substituents is 1. The topological polar surface area (TPSA) is 126 Å². The fourth-order valence-corrected chi connectivity index (χ4v) is 6.01. The van der Waals surface area contributed by atoms with Crippen molar-refractivity contribution < 1.29 is 4.92 Å². The molecule has 0 unspecified atom stereocenters. The number of aromatic amines is 1. The van der Waals surface area contributed by atoms with Gasteiger partial charge in [-0.25, -0.2) is 4.68 Å². The van der Waals surface area contributed by atoms with Crippen LogP contribution in [0.3, 0.4) is 0 Å². The summed E-state index contributed by atoms with van der Waals surface area (Å²) in [5, 5.41) is 25.0. The van der Waals surface area contributed by atoms with Gasteiger partial charge in [-0.05, 0) is 71.0 Å². The van der Waals surface area contributed by atoms with E-state index < -0.39 is 6.04 Å². The van der Waals surface area contributed by atoms with Crippen molar-refractivity contribution in [1.82, 2.24) is 30.1 Å². The third kappa shape index (κ3) is 4.89. The van der Waals surface area contributed by atoms with Crippen LogP contribution >= 0.6 is 0 Å². The lowest BCUT2D eigenvalue weighted by Gasteiger charge is -2.39. The molecule has 1 atom stereocenters. The van der Waals surface area contributed by atoms with Crippen LogP contribution in [0.25, 0.3) is 10.9 Å². The SMILES string of the molecule is CCc1ccc2[nH]c(=O)c([C@H](c3nnnn3C3CCCC3)N3CCN(c4ccc([N+](=O)[O-])cc4)CC3)cc2c1. The highest BCUT2D eigenvalue weighted by Crippen LogP contribution is 2.34. The third-order valence-electron chi connectivity index (χ3n) is 8.18. The van der Waals surface area contributed by atoms with Crippen LogP contribution in [0, 0.1) is 10.1 Å². The smallest absolute Gasteiger partial charge is 0.269 e. The number of tetrazole rings is 1. The molecule has 2 aliphatic rings. The van der Waals surface area contributed by atoms with Gasteiger partial charge in [0.05, 0.1) is 11.0 Å². The number of nitrogens with one attached hydrogen (secondary N) is 1. The molecule has 1 saturated carbocycles. The highest BCUT2D eigenvalue weighted by molar-refractivity contribution is 5.80. The highest BCUT2D eigenvalue weighted by atomic mass is 16.6. The van der Waals surface area contributed by atoms with Crippen molar-refractivity contribution in [3.8, 4) is 0 Å². The highest BCUT2D eigenvalue weighted by Gasteiger charge is 2.34. The Morgan fingerprint density at radius 1 is 1.05 bits per heavy atom. The second kappa shape index (κ2) is 10.6. The molecule has 6 rings (SSSR count).